The zero-order valence-electron chi connectivity index (χ0n) is 17.4. The maximum atomic E-state index is 13.3. The van der Waals surface area contributed by atoms with Gasteiger partial charge in [-0.05, 0) is 50.7 Å². The second kappa shape index (κ2) is 7.21. The smallest absolute Gasteiger partial charge is 0.326 e. The Morgan fingerprint density at radius 1 is 1.23 bits per heavy atom. The van der Waals surface area contributed by atoms with E-state index in [2.05, 4.69) is 5.32 Å². The lowest BCUT2D eigenvalue weighted by molar-refractivity contribution is -0.132. The molecule has 160 valence electrons. The summed E-state index contributed by atoms with van der Waals surface area (Å²) in [7, 11) is 1.88. The molecule has 3 amide bonds. The number of thiazole rings is 1. The Hall–Kier alpha value is -3.17. The lowest BCUT2D eigenvalue weighted by atomic mass is 9.92. The first-order valence-electron chi connectivity index (χ1n) is 9.97. The molecule has 5 rings (SSSR count). The highest BCUT2D eigenvalue weighted by molar-refractivity contribution is 7.18. The molecule has 0 spiro atoms. The van der Waals surface area contributed by atoms with Crippen molar-refractivity contribution in [2.45, 2.75) is 25.4 Å². The van der Waals surface area contributed by atoms with Crippen molar-refractivity contribution in [3.63, 3.8) is 0 Å². The van der Waals surface area contributed by atoms with Crippen LogP contribution < -0.4 is 14.8 Å². The molecule has 1 fully saturated rings. The molecule has 3 heterocycles. The lowest BCUT2D eigenvalue weighted by Gasteiger charge is -2.27. The fourth-order valence-corrected chi connectivity index (χ4v) is 4.92. The van der Waals surface area contributed by atoms with Crippen LogP contribution in [0.15, 0.2) is 42.5 Å². The minimum absolute atomic E-state index is 0.0598. The third-order valence-electron chi connectivity index (χ3n) is 5.92. The summed E-state index contributed by atoms with van der Waals surface area (Å²) in [6.45, 7) is 4.03. The van der Waals surface area contributed by atoms with E-state index in [4.69, 9.17) is 14.5 Å². The van der Waals surface area contributed by atoms with Crippen LogP contribution in [-0.4, -0.2) is 47.2 Å². The molecule has 0 saturated carbocycles. The monoisotopic (exact) mass is 438 g/mol. The average molecular weight is 439 g/mol. The quantitative estimate of drug-likeness (QED) is 0.615. The van der Waals surface area contributed by atoms with Crippen molar-refractivity contribution in [2.24, 2.45) is 0 Å². The van der Waals surface area contributed by atoms with Gasteiger partial charge in [0.1, 0.15) is 10.5 Å². The van der Waals surface area contributed by atoms with E-state index in [9.17, 15) is 9.59 Å². The normalized spacial score (nSPS) is 21.2. The van der Waals surface area contributed by atoms with Crippen LogP contribution in [-0.2, 0) is 10.3 Å². The summed E-state index contributed by atoms with van der Waals surface area (Å²) in [5, 5.41) is 3.78. The predicted octanol–water partition coefficient (Wildman–Crippen LogP) is 3.44. The van der Waals surface area contributed by atoms with Gasteiger partial charge in [-0.2, -0.15) is 0 Å². The number of nitrogens with one attached hydrogen (secondary N) is 1. The molecule has 1 saturated heterocycles. The van der Waals surface area contributed by atoms with Gasteiger partial charge >= 0.3 is 6.03 Å². The van der Waals surface area contributed by atoms with Crippen LogP contribution >= 0.6 is 11.3 Å². The number of carbonyl (C=O) groups is 2. The molecular formula is C22H22N4O4S. The minimum atomic E-state index is -1.17. The number of hydrogen-bond donors (Lipinski definition) is 1. The Morgan fingerprint density at radius 2 is 2.00 bits per heavy atom. The third-order valence-corrected chi connectivity index (χ3v) is 7.13. The summed E-state index contributed by atoms with van der Waals surface area (Å²) in [4.78, 5) is 33.9. The van der Waals surface area contributed by atoms with Crippen LogP contribution in [0.3, 0.4) is 0 Å². The Balaban J connectivity index is 1.35. The number of carbonyl (C=O) groups excluding carboxylic acids is 2. The second-order valence-corrected chi connectivity index (χ2v) is 9.01. The van der Waals surface area contributed by atoms with Gasteiger partial charge in [0.05, 0.1) is 22.9 Å². The molecule has 0 radical (unpaired) electrons. The summed E-state index contributed by atoms with van der Waals surface area (Å²) >= 11 is 1.62. The van der Waals surface area contributed by atoms with Crippen molar-refractivity contribution < 1.29 is 19.1 Å². The van der Waals surface area contributed by atoms with E-state index in [1.54, 1.807) is 36.5 Å². The molecule has 3 aromatic rings. The molecule has 2 atom stereocenters. The molecule has 0 aliphatic carbocycles. The van der Waals surface area contributed by atoms with E-state index in [0.717, 1.165) is 15.2 Å². The Kier molecular flexibility index (Phi) is 4.60. The number of nitrogens with zero attached hydrogens (tertiary/aromatic N) is 3. The maximum absolute atomic E-state index is 13.3. The summed E-state index contributed by atoms with van der Waals surface area (Å²) in [5.74, 6) is 0.894. The molecule has 2 aromatic carbocycles. The zero-order valence-corrected chi connectivity index (χ0v) is 18.2. The number of para-hydroxylation sites is 1. The molecule has 31 heavy (non-hydrogen) atoms. The molecule has 0 bridgehead atoms. The van der Waals surface area contributed by atoms with Gasteiger partial charge in [0.2, 0.25) is 6.79 Å². The number of amides is 3. The Morgan fingerprint density at radius 3 is 2.81 bits per heavy atom. The van der Waals surface area contributed by atoms with Gasteiger partial charge in [-0.25, -0.2) is 14.7 Å². The number of fused-ring (bicyclic) bond motifs is 2. The number of urea groups is 1. The molecule has 2 aliphatic rings. The van der Waals surface area contributed by atoms with E-state index >= 15 is 0 Å². The highest BCUT2D eigenvalue weighted by atomic mass is 32.1. The first-order valence-corrected chi connectivity index (χ1v) is 10.8. The van der Waals surface area contributed by atoms with Crippen molar-refractivity contribution in [2.75, 3.05) is 20.5 Å². The number of imide groups is 1. The highest BCUT2D eigenvalue weighted by Gasteiger charge is 2.49. The van der Waals surface area contributed by atoms with E-state index in [-0.39, 0.29) is 25.4 Å². The molecule has 8 nitrogen and oxygen atoms in total. The minimum Gasteiger partial charge on any atom is -0.454 e. The van der Waals surface area contributed by atoms with Gasteiger partial charge in [0, 0.05) is 0 Å². The van der Waals surface area contributed by atoms with Gasteiger partial charge in [0.25, 0.3) is 5.91 Å². The Bertz CT molecular complexity index is 1160. The van der Waals surface area contributed by atoms with E-state index in [0.29, 0.717) is 17.1 Å². The molecule has 0 unspecified atom stereocenters. The van der Waals surface area contributed by atoms with E-state index < -0.39 is 11.6 Å². The maximum Gasteiger partial charge on any atom is 0.326 e. The number of ether oxygens (including phenoxy) is 2. The van der Waals surface area contributed by atoms with E-state index in [1.165, 1.54) is 4.90 Å². The van der Waals surface area contributed by atoms with Crippen LogP contribution in [0.25, 0.3) is 10.2 Å². The lowest BCUT2D eigenvalue weighted by Crippen LogP contribution is -2.43. The summed E-state index contributed by atoms with van der Waals surface area (Å²) in [6, 6.07) is 12.8. The third kappa shape index (κ3) is 3.21. The van der Waals surface area contributed by atoms with Gasteiger partial charge in [-0.3, -0.25) is 9.69 Å². The number of benzene rings is 2. The fraction of sp³-hybridized carbons (Fsp3) is 0.318. The van der Waals surface area contributed by atoms with Gasteiger partial charge in [-0.15, -0.1) is 11.3 Å². The first-order chi connectivity index (χ1) is 14.9. The summed E-state index contributed by atoms with van der Waals surface area (Å²) in [6.07, 6.45) is 0. The van der Waals surface area contributed by atoms with Gasteiger partial charge in [0.15, 0.2) is 11.5 Å². The van der Waals surface area contributed by atoms with E-state index in [1.807, 2.05) is 43.1 Å². The molecular weight excluding hydrogens is 416 g/mol. The zero-order chi connectivity index (χ0) is 21.8. The van der Waals surface area contributed by atoms with Gasteiger partial charge < -0.3 is 14.8 Å². The topological polar surface area (TPSA) is 84.0 Å². The second-order valence-electron chi connectivity index (χ2n) is 7.95. The van der Waals surface area contributed by atoms with Crippen molar-refractivity contribution >= 4 is 33.5 Å². The molecule has 2 aliphatic heterocycles. The van der Waals surface area contributed by atoms with Crippen LogP contribution in [0.4, 0.5) is 4.79 Å². The van der Waals surface area contributed by atoms with Crippen molar-refractivity contribution in [3.8, 4) is 11.5 Å². The van der Waals surface area contributed by atoms with Gasteiger partial charge in [-0.1, -0.05) is 18.2 Å². The first kappa shape index (κ1) is 19.8. The summed E-state index contributed by atoms with van der Waals surface area (Å²) < 4.78 is 11.9. The molecule has 1 aromatic heterocycles. The van der Waals surface area contributed by atoms with Crippen LogP contribution in [0, 0.1) is 0 Å². The number of aromatic nitrogens is 1. The van der Waals surface area contributed by atoms with Crippen molar-refractivity contribution in [1.82, 2.24) is 20.1 Å². The van der Waals surface area contributed by atoms with Crippen LogP contribution in [0.2, 0.25) is 0 Å². The molecule has 9 heteroatoms. The van der Waals surface area contributed by atoms with Crippen molar-refractivity contribution in [3.05, 3.63) is 53.0 Å². The van der Waals surface area contributed by atoms with Crippen LogP contribution in [0.5, 0.6) is 11.5 Å². The largest absolute Gasteiger partial charge is 0.454 e. The average Bonchev–Trinajstić information content (AvgIpc) is 3.46. The number of rotatable bonds is 5. The standard InChI is InChI=1S/C22H22N4O4S/c1-13(19-23-15-6-4-5-7-18(15)31-19)25(3)11-26-20(27)22(2,24-21(26)28)14-8-9-16-17(10-14)30-12-29-16/h4-10,13H,11-12H2,1-3H3,(H,24,28)/t13-,22+/m0/s1. The SMILES string of the molecule is C[C@@H](c1nc2ccccc2s1)N(C)CN1C(=O)N[C@](C)(c2ccc3c(c2)OCO3)C1=O. The highest BCUT2D eigenvalue weighted by Crippen LogP contribution is 2.38. The Labute approximate surface area is 183 Å². The van der Waals surface area contributed by atoms with Crippen LogP contribution in [0.1, 0.15) is 30.5 Å². The predicted molar refractivity (Wildman–Crippen MR) is 116 cm³/mol. The molecule has 1 N–H and O–H groups in total. The summed E-state index contributed by atoms with van der Waals surface area (Å²) in [5.41, 5.74) is 0.436. The van der Waals surface area contributed by atoms with Crippen molar-refractivity contribution in [1.29, 1.82) is 0 Å². The number of hydrogen-bond acceptors (Lipinski definition) is 7. The fourth-order valence-electron chi connectivity index (χ4n) is 3.83.